The van der Waals surface area contributed by atoms with Gasteiger partial charge in [0.15, 0.2) is 0 Å². The number of halogens is 1. The topological polar surface area (TPSA) is 99.0 Å². The number of aliphatic carboxylic acids is 2. The number of benzene rings is 1. The number of carboxylic acid groups (broad SMARTS) is 2. The van der Waals surface area contributed by atoms with Gasteiger partial charge in [0.2, 0.25) is 0 Å². The van der Waals surface area contributed by atoms with E-state index in [4.69, 9.17) is 21.8 Å². The van der Waals surface area contributed by atoms with Gasteiger partial charge in [-0.05, 0) is 18.2 Å². The quantitative estimate of drug-likeness (QED) is 0.420. The average Bonchev–Trinajstić information content (AvgIpc) is 2.16. The van der Waals surface area contributed by atoms with Crippen molar-refractivity contribution in [3.05, 3.63) is 29.3 Å². The van der Waals surface area contributed by atoms with Gasteiger partial charge in [0.25, 0.3) is 5.71 Å². The van der Waals surface area contributed by atoms with Gasteiger partial charge in [-0.25, -0.2) is 9.59 Å². The van der Waals surface area contributed by atoms with Crippen LogP contribution in [0.25, 0.3) is 0 Å². The Balaban J connectivity index is 2.85. The summed E-state index contributed by atoms with van der Waals surface area (Å²) >= 11 is 5.66. The van der Waals surface area contributed by atoms with Crippen LogP contribution in [0.1, 0.15) is 0 Å². The Morgan fingerprint density at radius 1 is 1.25 bits per heavy atom. The van der Waals surface area contributed by atoms with Gasteiger partial charge in [-0.15, -0.1) is 0 Å². The van der Waals surface area contributed by atoms with Crippen molar-refractivity contribution in [3.63, 3.8) is 0 Å². The second-order valence-corrected chi connectivity index (χ2v) is 3.13. The molecule has 0 fully saturated rings. The Morgan fingerprint density at radius 2 is 1.88 bits per heavy atom. The van der Waals surface area contributed by atoms with Gasteiger partial charge in [0, 0.05) is 5.02 Å². The van der Waals surface area contributed by atoms with Crippen LogP contribution in [0.3, 0.4) is 0 Å². The molecule has 1 aromatic rings. The van der Waals surface area contributed by atoms with Crippen molar-refractivity contribution in [2.45, 2.75) is 0 Å². The number of nitrogens with zero attached hydrogens (tertiary/aromatic N) is 1. The highest BCUT2D eigenvalue weighted by atomic mass is 35.5. The molecule has 1 aromatic carbocycles. The molecule has 0 spiro atoms. The summed E-state index contributed by atoms with van der Waals surface area (Å²) < 4.78 is 0. The van der Waals surface area contributed by atoms with Crippen LogP contribution in [0.4, 0.5) is 5.69 Å². The molecule has 0 amide bonds. The van der Waals surface area contributed by atoms with Crippen LogP contribution in [-0.2, 0) is 9.59 Å². The maximum absolute atomic E-state index is 10.5. The lowest BCUT2D eigenvalue weighted by Gasteiger charge is -2.01. The number of hydrazone groups is 1. The van der Waals surface area contributed by atoms with E-state index < -0.39 is 17.7 Å². The minimum absolute atomic E-state index is 0.396. The van der Waals surface area contributed by atoms with Crippen LogP contribution >= 0.6 is 11.6 Å². The summed E-state index contributed by atoms with van der Waals surface area (Å²) in [6.45, 7) is 0. The molecule has 0 heterocycles. The first kappa shape index (κ1) is 12.0. The van der Waals surface area contributed by atoms with E-state index in [9.17, 15) is 9.59 Å². The minimum Gasteiger partial charge on any atom is -0.476 e. The molecule has 0 saturated heterocycles. The first-order valence-corrected chi connectivity index (χ1v) is 4.44. The van der Waals surface area contributed by atoms with Crippen LogP contribution < -0.4 is 5.43 Å². The van der Waals surface area contributed by atoms with E-state index in [-0.39, 0.29) is 0 Å². The molecule has 0 atom stereocenters. The molecule has 16 heavy (non-hydrogen) atoms. The summed E-state index contributed by atoms with van der Waals surface area (Å²) in [6, 6.07) is 6.27. The van der Waals surface area contributed by atoms with Crippen LogP contribution in [0.2, 0.25) is 5.02 Å². The number of carbonyl (C=O) groups is 2. The number of anilines is 1. The van der Waals surface area contributed by atoms with Crippen molar-refractivity contribution in [3.8, 4) is 0 Å². The van der Waals surface area contributed by atoms with E-state index in [1.165, 1.54) is 6.07 Å². The second kappa shape index (κ2) is 5.13. The third kappa shape index (κ3) is 3.25. The molecule has 0 aliphatic heterocycles. The van der Waals surface area contributed by atoms with Crippen molar-refractivity contribution in [1.29, 1.82) is 0 Å². The van der Waals surface area contributed by atoms with Crippen molar-refractivity contribution in [2.75, 3.05) is 5.43 Å². The number of hydrogen-bond donors (Lipinski definition) is 3. The maximum atomic E-state index is 10.5. The summed E-state index contributed by atoms with van der Waals surface area (Å²) in [5.41, 5.74) is 1.69. The van der Waals surface area contributed by atoms with Gasteiger partial charge in [-0.2, -0.15) is 5.10 Å². The van der Waals surface area contributed by atoms with Gasteiger partial charge in [0.05, 0.1) is 5.69 Å². The van der Waals surface area contributed by atoms with Gasteiger partial charge in [0.1, 0.15) is 0 Å². The predicted octanol–water partition coefficient (Wildman–Crippen LogP) is 1.28. The zero-order chi connectivity index (χ0) is 12.1. The summed E-state index contributed by atoms with van der Waals surface area (Å²) in [5, 5.41) is 20.7. The summed E-state index contributed by atoms with van der Waals surface area (Å²) in [6.07, 6.45) is 0. The lowest BCUT2D eigenvalue weighted by atomic mass is 10.3. The van der Waals surface area contributed by atoms with E-state index in [0.717, 1.165) is 0 Å². The second-order valence-electron chi connectivity index (χ2n) is 2.69. The predicted molar refractivity (Wildman–Crippen MR) is 57.8 cm³/mol. The van der Waals surface area contributed by atoms with Gasteiger partial charge in [-0.3, -0.25) is 5.43 Å². The highest BCUT2D eigenvalue weighted by Crippen LogP contribution is 2.14. The summed E-state index contributed by atoms with van der Waals surface area (Å²) in [7, 11) is 0. The fraction of sp³-hybridized carbons (Fsp3) is 0. The molecule has 1 rings (SSSR count). The number of rotatable bonds is 4. The van der Waals surface area contributed by atoms with E-state index in [0.29, 0.717) is 10.7 Å². The molecule has 0 aliphatic carbocycles. The standard InChI is InChI=1S/C9H7ClN2O4/c10-5-2-1-3-6(4-5)11-12-7(8(13)14)9(15)16/h1-4,11H,(H,13,14)(H,15,16). The van der Waals surface area contributed by atoms with Gasteiger partial charge >= 0.3 is 11.9 Å². The minimum atomic E-state index is -1.62. The Hall–Kier alpha value is -2.08. The lowest BCUT2D eigenvalue weighted by molar-refractivity contribution is -0.134. The molecular weight excluding hydrogens is 236 g/mol. The Kier molecular flexibility index (Phi) is 3.84. The van der Waals surface area contributed by atoms with E-state index in [1.54, 1.807) is 18.2 Å². The van der Waals surface area contributed by atoms with Crippen LogP contribution in [0, 0.1) is 0 Å². The van der Waals surface area contributed by atoms with Crippen LogP contribution in [0.15, 0.2) is 29.4 Å². The van der Waals surface area contributed by atoms with Crippen molar-refractivity contribution < 1.29 is 19.8 Å². The van der Waals surface area contributed by atoms with Gasteiger partial charge < -0.3 is 10.2 Å². The summed E-state index contributed by atoms with van der Waals surface area (Å²) in [4.78, 5) is 20.9. The Bertz CT molecular complexity index is 443. The highest BCUT2D eigenvalue weighted by molar-refractivity contribution is 6.61. The monoisotopic (exact) mass is 242 g/mol. The largest absolute Gasteiger partial charge is 0.476 e. The average molecular weight is 243 g/mol. The van der Waals surface area contributed by atoms with Crippen molar-refractivity contribution >= 4 is 34.9 Å². The molecule has 0 aromatic heterocycles. The molecule has 7 heteroatoms. The Morgan fingerprint density at radius 3 is 2.38 bits per heavy atom. The third-order valence-electron chi connectivity index (χ3n) is 1.53. The van der Waals surface area contributed by atoms with E-state index in [2.05, 4.69) is 10.5 Å². The van der Waals surface area contributed by atoms with Crippen LogP contribution in [0.5, 0.6) is 0 Å². The number of hydrogen-bond acceptors (Lipinski definition) is 4. The molecule has 0 aliphatic rings. The van der Waals surface area contributed by atoms with Crippen molar-refractivity contribution in [1.82, 2.24) is 0 Å². The van der Waals surface area contributed by atoms with E-state index >= 15 is 0 Å². The fourth-order valence-corrected chi connectivity index (χ4v) is 1.06. The normalized spacial score (nSPS) is 9.31. The molecule has 0 bridgehead atoms. The highest BCUT2D eigenvalue weighted by Gasteiger charge is 2.18. The Labute approximate surface area is 95.2 Å². The number of carboxylic acids is 2. The van der Waals surface area contributed by atoms with E-state index in [1.807, 2.05) is 0 Å². The molecule has 3 N–H and O–H groups in total. The molecule has 84 valence electrons. The maximum Gasteiger partial charge on any atom is 0.364 e. The van der Waals surface area contributed by atoms with Gasteiger partial charge in [-0.1, -0.05) is 17.7 Å². The SMILES string of the molecule is O=C(O)C(=NNc1cccc(Cl)c1)C(=O)O. The first-order valence-electron chi connectivity index (χ1n) is 4.06. The zero-order valence-electron chi connectivity index (χ0n) is 7.85. The molecule has 6 nitrogen and oxygen atoms in total. The molecule has 0 unspecified atom stereocenters. The molecular formula is C9H7ClN2O4. The van der Waals surface area contributed by atoms with Crippen molar-refractivity contribution in [2.24, 2.45) is 5.10 Å². The first-order chi connectivity index (χ1) is 7.50. The third-order valence-corrected chi connectivity index (χ3v) is 1.76. The van der Waals surface area contributed by atoms with Crippen LogP contribution in [-0.4, -0.2) is 27.9 Å². The number of nitrogens with one attached hydrogen (secondary N) is 1. The smallest absolute Gasteiger partial charge is 0.364 e. The molecule has 0 saturated carbocycles. The lowest BCUT2D eigenvalue weighted by Crippen LogP contribution is -2.24. The fourth-order valence-electron chi connectivity index (χ4n) is 0.866. The molecule has 0 radical (unpaired) electrons. The summed E-state index contributed by atoms with van der Waals surface area (Å²) in [5.74, 6) is -3.25. The zero-order valence-corrected chi connectivity index (χ0v) is 8.60.